The minimum atomic E-state index is -0.499. The Kier molecular flexibility index (Phi) is 5.14. The molecule has 2 N–H and O–H groups in total. The first kappa shape index (κ1) is 17.2. The van der Waals surface area contributed by atoms with Crippen LogP contribution in [0.4, 0.5) is 5.69 Å². The lowest BCUT2D eigenvalue weighted by Crippen LogP contribution is -2.28. The second-order valence-electron chi connectivity index (χ2n) is 5.83. The van der Waals surface area contributed by atoms with Crippen molar-refractivity contribution in [1.29, 1.82) is 0 Å². The second kappa shape index (κ2) is 7.48. The second-order valence-corrected chi connectivity index (χ2v) is 7.02. The van der Waals surface area contributed by atoms with Crippen molar-refractivity contribution in [3.63, 3.8) is 0 Å². The summed E-state index contributed by atoms with van der Waals surface area (Å²) < 4.78 is 0. The minimum absolute atomic E-state index is 0.0769. The summed E-state index contributed by atoms with van der Waals surface area (Å²) in [6.07, 6.45) is 0.0769. The summed E-state index contributed by atoms with van der Waals surface area (Å²) in [5.74, 6) is -0.429. The van der Waals surface area contributed by atoms with Crippen molar-refractivity contribution in [2.24, 2.45) is 10.2 Å². The number of benzene rings is 2. The molecule has 128 valence electrons. The van der Waals surface area contributed by atoms with Crippen LogP contribution in [0.3, 0.4) is 0 Å². The highest BCUT2D eigenvalue weighted by atomic mass is 32.2. The lowest BCUT2D eigenvalue weighted by Gasteiger charge is -2.10. The third-order valence-electron chi connectivity index (χ3n) is 3.55. The van der Waals surface area contributed by atoms with E-state index in [-0.39, 0.29) is 18.2 Å². The number of hydrogen-bond acceptors (Lipinski definition) is 5. The Labute approximate surface area is 149 Å². The number of rotatable bonds is 4. The van der Waals surface area contributed by atoms with Gasteiger partial charge in [0.05, 0.1) is 0 Å². The first-order chi connectivity index (χ1) is 12.0. The molecule has 25 heavy (non-hydrogen) atoms. The molecule has 0 spiro atoms. The molecule has 1 heterocycles. The Hall–Kier alpha value is -2.67. The Morgan fingerprint density at radius 2 is 1.96 bits per heavy atom. The van der Waals surface area contributed by atoms with E-state index < -0.39 is 5.25 Å². The largest absolute Gasteiger partial charge is 0.325 e. The monoisotopic (exact) mass is 354 g/mol. The molecule has 2 amide bonds. The lowest BCUT2D eigenvalue weighted by molar-refractivity contribution is -0.122. The molecule has 2 aromatic carbocycles. The molecule has 0 radical (unpaired) electrons. The predicted molar refractivity (Wildman–Crippen MR) is 103 cm³/mol. The van der Waals surface area contributed by atoms with Crippen LogP contribution < -0.4 is 10.6 Å². The Bertz CT molecular complexity index is 882. The lowest BCUT2D eigenvalue weighted by atomic mass is 10.1. The Morgan fingerprint density at radius 1 is 1.20 bits per heavy atom. The van der Waals surface area contributed by atoms with Crippen LogP contribution >= 0.6 is 11.8 Å². The molecule has 1 atom stereocenters. The standard InChI is InChI=1S/C18H18N4O2S/c1-11(2)21-22-18-20-17(24)15(25-18)10-16(23)19-14-9-5-7-12-6-3-4-8-13(12)14/h3-9,15H,10H2,1-2H3,(H,19,23)(H,20,22,24)/t15-/m0/s1. The van der Waals surface area contributed by atoms with Crippen LogP contribution in [0.2, 0.25) is 0 Å². The molecule has 0 unspecified atom stereocenters. The molecule has 7 heteroatoms. The van der Waals surface area contributed by atoms with Crippen LogP contribution in [-0.4, -0.2) is 27.9 Å². The summed E-state index contributed by atoms with van der Waals surface area (Å²) >= 11 is 1.22. The summed E-state index contributed by atoms with van der Waals surface area (Å²) in [5.41, 5.74) is 1.53. The fourth-order valence-corrected chi connectivity index (χ4v) is 3.35. The number of fused-ring (bicyclic) bond motifs is 1. The van der Waals surface area contributed by atoms with Gasteiger partial charge in [-0.1, -0.05) is 48.2 Å². The van der Waals surface area contributed by atoms with Crippen molar-refractivity contribution in [1.82, 2.24) is 5.32 Å². The summed E-state index contributed by atoms with van der Waals surface area (Å²) in [7, 11) is 0. The Balaban J connectivity index is 1.67. The summed E-state index contributed by atoms with van der Waals surface area (Å²) in [4.78, 5) is 24.3. The van der Waals surface area contributed by atoms with Crippen LogP contribution in [0.1, 0.15) is 20.3 Å². The van der Waals surface area contributed by atoms with E-state index in [1.165, 1.54) is 11.8 Å². The molecule has 2 aromatic rings. The van der Waals surface area contributed by atoms with E-state index in [2.05, 4.69) is 20.8 Å². The maximum absolute atomic E-state index is 12.4. The fraction of sp³-hybridized carbons (Fsp3) is 0.222. The van der Waals surface area contributed by atoms with E-state index in [4.69, 9.17) is 0 Å². The van der Waals surface area contributed by atoms with Gasteiger partial charge in [0.25, 0.3) is 0 Å². The normalized spacial score (nSPS) is 18.2. The number of amidine groups is 1. The van der Waals surface area contributed by atoms with E-state index >= 15 is 0 Å². The van der Waals surface area contributed by atoms with Gasteiger partial charge in [-0.25, -0.2) is 0 Å². The number of thioether (sulfide) groups is 1. The molecule has 1 fully saturated rings. The van der Waals surface area contributed by atoms with Crippen molar-refractivity contribution in [3.8, 4) is 0 Å². The quantitative estimate of drug-likeness (QED) is 0.653. The molecule has 1 aliphatic rings. The van der Waals surface area contributed by atoms with E-state index in [9.17, 15) is 9.59 Å². The average molecular weight is 354 g/mol. The van der Waals surface area contributed by atoms with Gasteiger partial charge in [-0.15, -0.1) is 5.10 Å². The van der Waals surface area contributed by atoms with Crippen molar-refractivity contribution < 1.29 is 9.59 Å². The third-order valence-corrected chi connectivity index (χ3v) is 4.62. The van der Waals surface area contributed by atoms with Crippen LogP contribution in [0.15, 0.2) is 52.7 Å². The molecule has 6 nitrogen and oxygen atoms in total. The maximum atomic E-state index is 12.4. The fourth-order valence-electron chi connectivity index (χ4n) is 2.44. The van der Waals surface area contributed by atoms with Crippen molar-refractivity contribution in [2.75, 3.05) is 5.32 Å². The van der Waals surface area contributed by atoms with Crippen LogP contribution in [0.25, 0.3) is 10.8 Å². The van der Waals surface area contributed by atoms with Crippen molar-refractivity contribution >= 4 is 50.9 Å². The topological polar surface area (TPSA) is 82.9 Å². The number of carbonyl (C=O) groups excluding carboxylic acids is 2. The number of nitrogens with one attached hydrogen (secondary N) is 2. The van der Waals surface area contributed by atoms with Gasteiger partial charge in [-0.2, -0.15) is 5.10 Å². The van der Waals surface area contributed by atoms with Gasteiger partial charge < -0.3 is 10.6 Å². The molecule has 0 bridgehead atoms. The maximum Gasteiger partial charge on any atom is 0.240 e. The minimum Gasteiger partial charge on any atom is -0.325 e. The smallest absolute Gasteiger partial charge is 0.240 e. The highest BCUT2D eigenvalue weighted by Gasteiger charge is 2.32. The van der Waals surface area contributed by atoms with Crippen LogP contribution in [0.5, 0.6) is 0 Å². The molecule has 0 aromatic heterocycles. The zero-order valence-corrected chi connectivity index (χ0v) is 14.8. The van der Waals surface area contributed by atoms with E-state index in [0.29, 0.717) is 5.17 Å². The number of nitrogens with zero attached hydrogens (tertiary/aromatic N) is 2. The first-order valence-electron chi connectivity index (χ1n) is 7.87. The van der Waals surface area contributed by atoms with Gasteiger partial charge in [-0.3, -0.25) is 9.59 Å². The van der Waals surface area contributed by atoms with Crippen molar-refractivity contribution in [2.45, 2.75) is 25.5 Å². The molecular weight excluding hydrogens is 336 g/mol. The van der Waals surface area contributed by atoms with E-state index in [0.717, 1.165) is 22.2 Å². The van der Waals surface area contributed by atoms with E-state index in [1.807, 2.05) is 56.3 Å². The summed E-state index contributed by atoms with van der Waals surface area (Å²) in [6, 6.07) is 13.6. The first-order valence-corrected chi connectivity index (χ1v) is 8.75. The highest BCUT2D eigenvalue weighted by Crippen LogP contribution is 2.25. The summed E-state index contributed by atoms with van der Waals surface area (Å²) in [5, 5.41) is 15.4. The molecule has 0 saturated carbocycles. The number of amides is 2. The highest BCUT2D eigenvalue weighted by molar-refractivity contribution is 8.15. The SMILES string of the molecule is CC(C)=N/N=C1\NC(=O)[C@H](CC(=O)Nc2cccc3ccccc23)S1. The Morgan fingerprint density at radius 3 is 2.76 bits per heavy atom. The number of carbonyl (C=O) groups is 2. The zero-order chi connectivity index (χ0) is 17.8. The third kappa shape index (κ3) is 4.24. The van der Waals surface area contributed by atoms with Gasteiger partial charge in [0.1, 0.15) is 5.25 Å². The van der Waals surface area contributed by atoms with Gasteiger partial charge in [0, 0.05) is 23.2 Å². The van der Waals surface area contributed by atoms with Gasteiger partial charge in [0.15, 0.2) is 5.17 Å². The molecular formula is C18H18N4O2S. The molecule has 1 saturated heterocycles. The predicted octanol–water partition coefficient (Wildman–Crippen LogP) is 3.15. The summed E-state index contributed by atoms with van der Waals surface area (Å²) in [6.45, 7) is 3.64. The number of anilines is 1. The van der Waals surface area contributed by atoms with Crippen LogP contribution in [0, 0.1) is 0 Å². The molecule has 3 rings (SSSR count). The van der Waals surface area contributed by atoms with Gasteiger partial charge >= 0.3 is 0 Å². The van der Waals surface area contributed by atoms with Gasteiger partial charge in [-0.05, 0) is 25.3 Å². The van der Waals surface area contributed by atoms with Gasteiger partial charge in [0.2, 0.25) is 11.8 Å². The molecule has 0 aliphatic carbocycles. The van der Waals surface area contributed by atoms with E-state index in [1.54, 1.807) is 0 Å². The van der Waals surface area contributed by atoms with Crippen LogP contribution in [-0.2, 0) is 9.59 Å². The number of hydrogen-bond donors (Lipinski definition) is 2. The molecule has 1 aliphatic heterocycles. The average Bonchev–Trinajstić information content (AvgIpc) is 2.93. The van der Waals surface area contributed by atoms with Crippen molar-refractivity contribution in [3.05, 3.63) is 42.5 Å². The zero-order valence-electron chi connectivity index (χ0n) is 13.9.